The molecular formula is C16H22N6O2. The van der Waals surface area contributed by atoms with E-state index in [1.807, 2.05) is 6.92 Å². The Morgan fingerprint density at radius 3 is 2.46 bits per heavy atom. The quantitative estimate of drug-likeness (QED) is 0.799. The molecule has 8 heteroatoms. The molecule has 1 aromatic heterocycles. The number of aromatic nitrogens is 2. The summed E-state index contributed by atoms with van der Waals surface area (Å²) in [4.78, 5) is 39.1. The molecule has 8 nitrogen and oxygen atoms in total. The van der Waals surface area contributed by atoms with E-state index >= 15 is 0 Å². The molecule has 1 aliphatic carbocycles. The summed E-state index contributed by atoms with van der Waals surface area (Å²) < 4.78 is 0. The van der Waals surface area contributed by atoms with Crippen molar-refractivity contribution in [3.05, 3.63) is 18.5 Å². The Balaban J connectivity index is 1.35. The minimum Gasteiger partial charge on any atom is -0.338 e. The molecule has 1 aromatic rings. The Kier molecular flexibility index (Phi) is 3.64. The summed E-state index contributed by atoms with van der Waals surface area (Å²) in [7, 11) is 0. The molecule has 3 heterocycles. The second kappa shape index (κ2) is 5.70. The van der Waals surface area contributed by atoms with Crippen LogP contribution in [0, 0.1) is 5.92 Å². The van der Waals surface area contributed by atoms with Crippen LogP contribution in [0.15, 0.2) is 18.5 Å². The van der Waals surface area contributed by atoms with E-state index in [2.05, 4.69) is 25.1 Å². The number of nitrogens with one attached hydrogen (secondary N) is 1. The van der Waals surface area contributed by atoms with Crippen LogP contribution in [-0.2, 0) is 4.79 Å². The molecule has 0 spiro atoms. The standard InChI is InChI=1S/C16H22N6O2/c1-16(12-3-4-12)13(23)22(15(24)19-16)11-20-7-9-21(10-8-20)14-17-5-2-6-18-14/h2,5-6,12H,3-4,7-11H2,1H3,(H,19,24)/t16-/m1/s1. The van der Waals surface area contributed by atoms with E-state index in [9.17, 15) is 9.59 Å². The van der Waals surface area contributed by atoms with Crippen molar-refractivity contribution in [2.45, 2.75) is 25.3 Å². The Labute approximate surface area is 140 Å². The van der Waals surface area contributed by atoms with Crippen LogP contribution in [0.25, 0.3) is 0 Å². The largest absolute Gasteiger partial charge is 0.338 e. The van der Waals surface area contributed by atoms with Crippen molar-refractivity contribution < 1.29 is 9.59 Å². The second-order valence-corrected chi connectivity index (χ2v) is 6.94. The number of hydrogen-bond donors (Lipinski definition) is 1. The fourth-order valence-corrected chi connectivity index (χ4v) is 3.53. The summed E-state index contributed by atoms with van der Waals surface area (Å²) in [6.07, 6.45) is 5.51. The molecule has 4 rings (SSSR count). The number of rotatable bonds is 4. The van der Waals surface area contributed by atoms with E-state index in [0.29, 0.717) is 12.6 Å². The molecule has 0 bridgehead atoms. The SMILES string of the molecule is C[C@]1(C2CC2)NC(=O)N(CN2CCN(c3ncccn3)CC2)C1=O. The van der Waals surface area contributed by atoms with Gasteiger partial charge >= 0.3 is 6.03 Å². The molecule has 3 amide bonds. The summed E-state index contributed by atoms with van der Waals surface area (Å²) in [5.41, 5.74) is -0.698. The zero-order valence-corrected chi connectivity index (χ0v) is 13.8. The smallest absolute Gasteiger partial charge is 0.326 e. The third kappa shape index (κ3) is 2.60. The lowest BCUT2D eigenvalue weighted by Crippen LogP contribution is -2.52. The van der Waals surface area contributed by atoms with Gasteiger partial charge in [-0.25, -0.2) is 19.7 Å². The monoisotopic (exact) mass is 330 g/mol. The number of imide groups is 1. The fourth-order valence-electron chi connectivity index (χ4n) is 3.53. The normalized spacial score (nSPS) is 28.4. The van der Waals surface area contributed by atoms with E-state index in [0.717, 1.165) is 45.0 Å². The van der Waals surface area contributed by atoms with Crippen LogP contribution in [-0.4, -0.2) is 70.1 Å². The molecule has 3 aliphatic rings. The van der Waals surface area contributed by atoms with Crippen molar-refractivity contribution >= 4 is 17.9 Å². The van der Waals surface area contributed by atoms with Gasteiger partial charge in [0.15, 0.2) is 0 Å². The highest BCUT2D eigenvalue weighted by Gasteiger charge is 2.56. The summed E-state index contributed by atoms with van der Waals surface area (Å²) >= 11 is 0. The number of anilines is 1. The van der Waals surface area contributed by atoms with E-state index < -0.39 is 5.54 Å². The van der Waals surface area contributed by atoms with E-state index in [1.54, 1.807) is 18.5 Å². The van der Waals surface area contributed by atoms with Gasteiger partial charge in [0.05, 0.1) is 6.67 Å². The third-order valence-electron chi connectivity index (χ3n) is 5.24. The molecule has 0 unspecified atom stereocenters. The minimum absolute atomic E-state index is 0.0798. The van der Waals surface area contributed by atoms with Crippen LogP contribution in [0.4, 0.5) is 10.7 Å². The van der Waals surface area contributed by atoms with Gasteiger partial charge in [0.25, 0.3) is 5.91 Å². The van der Waals surface area contributed by atoms with Gasteiger partial charge < -0.3 is 10.2 Å². The van der Waals surface area contributed by atoms with E-state index in [-0.39, 0.29) is 11.9 Å². The maximum absolute atomic E-state index is 12.7. The van der Waals surface area contributed by atoms with Gasteiger partial charge in [-0.2, -0.15) is 0 Å². The highest BCUT2D eigenvalue weighted by molar-refractivity contribution is 6.07. The summed E-state index contributed by atoms with van der Waals surface area (Å²) in [5, 5.41) is 2.90. The molecule has 1 saturated carbocycles. The average Bonchev–Trinajstić information content (AvgIpc) is 3.43. The molecule has 3 fully saturated rings. The Hall–Kier alpha value is -2.22. The molecular weight excluding hydrogens is 308 g/mol. The number of nitrogens with zero attached hydrogens (tertiary/aromatic N) is 5. The van der Waals surface area contributed by atoms with Gasteiger partial charge in [0.2, 0.25) is 5.95 Å². The van der Waals surface area contributed by atoms with Crippen LogP contribution in [0.2, 0.25) is 0 Å². The highest BCUT2D eigenvalue weighted by Crippen LogP contribution is 2.42. The molecule has 0 radical (unpaired) electrons. The number of hydrogen-bond acceptors (Lipinski definition) is 6. The number of carbonyl (C=O) groups is 2. The molecule has 1 N–H and O–H groups in total. The topological polar surface area (TPSA) is 81.7 Å². The first-order valence-electron chi connectivity index (χ1n) is 8.46. The lowest BCUT2D eigenvalue weighted by atomic mass is 9.96. The van der Waals surface area contributed by atoms with Crippen molar-refractivity contribution in [3.63, 3.8) is 0 Å². The fraction of sp³-hybridized carbons (Fsp3) is 0.625. The van der Waals surface area contributed by atoms with Crippen LogP contribution in [0.1, 0.15) is 19.8 Å². The summed E-state index contributed by atoms with van der Waals surface area (Å²) in [6, 6.07) is 1.54. The zero-order valence-electron chi connectivity index (χ0n) is 13.8. The Morgan fingerprint density at radius 2 is 1.83 bits per heavy atom. The van der Waals surface area contributed by atoms with Crippen LogP contribution in [0.5, 0.6) is 0 Å². The maximum atomic E-state index is 12.7. The van der Waals surface area contributed by atoms with Crippen LogP contribution in [0.3, 0.4) is 0 Å². The van der Waals surface area contributed by atoms with Crippen molar-refractivity contribution in [3.8, 4) is 0 Å². The Bertz CT molecular complexity index is 641. The molecule has 0 aromatic carbocycles. The van der Waals surface area contributed by atoms with Crippen molar-refractivity contribution in [1.29, 1.82) is 0 Å². The van der Waals surface area contributed by atoms with Crippen LogP contribution < -0.4 is 10.2 Å². The first-order valence-corrected chi connectivity index (χ1v) is 8.46. The predicted molar refractivity (Wildman–Crippen MR) is 87.2 cm³/mol. The van der Waals surface area contributed by atoms with E-state index in [4.69, 9.17) is 0 Å². The zero-order chi connectivity index (χ0) is 16.7. The van der Waals surface area contributed by atoms with Gasteiger partial charge in [-0.1, -0.05) is 0 Å². The first kappa shape index (κ1) is 15.3. The second-order valence-electron chi connectivity index (χ2n) is 6.94. The molecule has 128 valence electrons. The number of urea groups is 1. The third-order valence-corrected chi connectivity index (χ3v) is 5.24. The number of amides is 3. The van der Waals surface area contributed by atoms with Gasteiger partial charge in [-0.3, -0.25) is 9.69 Å². The van der Waals surface area contributed by atoms with Gasteiger partial charge in [0, 0.05) is 38.6 Å². The van der Waals surface area contributed by atoms with E-state index in [1.165, 1.54) is 4.90 Å². The molecule has 2 aliphatic heterocycles. The number of carbonyl (C=O) groups excluding carboxylic acids is 2. The van der Waals surface area contributed by atoms with Crippen molar-refractivity contribution in [2.24, 2.45) is 5.92 Å². The molecule has 24 heavy (non-hydrogen) atoms. The molecule has 2 saturated heterocycles. The summed E-state index contributed by atoms with van der Waals surface area (Å²) in [6.45, 7) is 5.33. The average molecular weight is 330 g/mol. The lowest BCUT2D eigenvalue weighted by molar-refractivity contribution is -0.133. The van der Waals surface area contributed by atoms with Gasteiger partial charge in [-0.05, 0) is 31.7 Å². The predicted octanol–water partition coefficient (Wildman–Crippen LogP) is 0.277. The van der Waals surface area contributed by atoms with Gasteiger partial charge in [-0.15, -0.1) is 0 Å². The van der Waals surface area contributed by atoms with Gasteiger partial charge in [0.1, 0.15) is 5.54 Å². The first-order chi connectivity index (χ1) is 11.6. The minimum atomic E-state index is -0.698. The Morgan fingerprint density at radius 1 is 1.17 bits per heavy atom. The van der Waals surface area contributed by atoms with Crippen molar-refractivity contribution in [2.75, 3.05) is 37.7 Å². The number of piperazine rings is 1. The van der Waals surface area contributed by atoms with Crippen molar-refractivity contribution in [1.82, 2.24) is 25.1 Å². The highest BCUT2D eigenvalue weighted by atomic mass is 16.2. The lowest BCUT2D eigenvalue weighted by Gasteiger charge is -2.36. The molecule has 1 atom stereocenters. The maximum Gasteiger partial charge on any atom is 0.326 e. The summed E-state index contributed by atoms with van der Waals surface area (Å²) in [5.74, 6) is 0.947. The van der Waals surface area contributed by atoms with Crippen LogP contribution >= 0.6 is 0 Å².